The third kappa shape index (κ3) is 2.91. The van der Waals surface area contributed by atoms with Crippen LogP contribution in [0.25, 0.3) is 0 Å². The van der Waals surface area contributed by atoms with Crippen molar-refractivity contribution in [3.05, 3.63) is 34.9 Å². The predicted molar refractivity (Wildman–Crippen MR) is 71.6 cm³/mol. The van der Waals surface area contributed by atoms with E-state index in [9.17, 15) is 4.79 Å². The van der Waals surface area contributed by atoms with Crippen LogP contribution in [0.4, 0.5) is 0 Å². The first-order chi connectivity index (χ1) is 8.45. The van der Waals surface area contributed by atoms with Crippen LogP contribution < -0.4 is 0 Å². The highest BCUT2D eigenvalue weighted by molar-refractivity contribution is 5.67. The lowest BCUT2D eigenvalue weighted by molar-refractivity contribution is -0.139. The van der Waals surface area contributed by atoms with Crippen LogP contribution in [-0.4, -0.2) is 29.1 Å². The van der Waals surface area contributed by atoms with Gasteiger partial charge in [-0.05, 0) is 32.3 Å². The fourth-order valence-corrected chi connectivity index (χ4v) is 2.76. The van der Waals surface area contributed by atoms with Gasteiger partial charge in [0.1, 0.15) is 0 Å². The van der Waals surface area contributed by atoms with E-state index in [-0.39, 0.29) is 0 Å². The number of aryl methyl sites for hydroxylation is 2. The van der Waals surface area contributed by atoms with Crippen LogP contribution in [0, 0.1) is 19.8 Å². The molecule has 0 radical (unpaired) electrons. The maximum atomic E-state index is 10.6. The van der Waals surface area contributed by atoms with Crippen molar-refractivity contribution in [3.63, 3.8) is 0 Å². The predicted octanol–water partition coefficient (Wildman–Crippen LogP) is 2.77. The molecule has 1 aliphatic rings. The normalized spacial score (nSPS) is 18.4. The molecule has 0 aliphatic carbocycles. The van der Waals surface area contributed by atoms with E-state index in [1.54, 1.807) is 0 Å². The molecule has 1 fully saturated rings. The van der Waals surface area contributed by atoms with Crippen LogP contribution in [-0.2, 0) is 4.79 Å². The Kier molecular flexibility index (Phi) is 3.71. The lowest BCUT2D eigenvalue weighted by Gasteiger charge is -2.43. The van der Waals surface area contributed by atoms with Crippen molar-refractivity contribution in [2.75, 3.05) is 13.1 Å². The van der Waals surface area contributed by atoms with E-state index in [2.05, 4.69) is 43.9 Å². The molecule has 0 saturated carbocycles. The fraction of sp³-hybridized carbons (Fsp3) is 0.533. The fourth-order valence-electron chi connectivity index (χ4n) is 2.76. The molecule has 0 spiro atoms. The lowest BCUT2D eigenvalue weighted by Crippen LogP contribution is -2.48. The number of nitrogens with zero attached hydrogens (tertiary/aromatic N) is 1. The Morgan fingerprint density at radius 2 is 1.89 bits per heavy atom. The molecule has 1 heterocycles. The number of hydrogen-bond acceptors (Lipinski definition) is 2. The van der Waals surface area contributed by atoms with Crippen LogP contribution >= 0.6 is 0 Å². The number of hydrogen-bond donors (Lipinski definition) is 1. The van der Waals surface area contributed by atoms with Gasteiger partial charge < -0.3 is 5.11 Å². The van der Waals surface area contributed by atoms with Gasteiger partial charge in [0.05, 0.1) is 6.42 Å². The van der Waals surface area contributed by atoms with Crippen molar-refractivity contribution in [2.24, 2.45) is 5.92 Å². The smallest absolute Gasteiger partial charge is 0.303 e. The Balaban J connectivity index is 1.97. The maximum Gasteiger partial charge on any atom is 0.303 e. The summed E-state index contributed by atoms with van der Waals surface area (Å²) in [5.41, 5.74) is 3.92. The summed E-state index contributed by atoms with van der Waals surface area (Å²) in [5.74, 6) is -0.352. The van der Waals surface area contributed by atoms with Gasteiger partial charge in [-0.15, -0.1) is 0 Å². The molecule has 0 amide bonds. The van der Waals surface area contributed by atoms with Crippen LogP contribution in [0.5, 0.6) is 0 Å². The first kappa shape index (κ1) is 13.1. The zero-order valence-corrected chi connectivity index (χ0v) is 11.3. The van der Waals surface area contributed by atoms with Gasteiger partial charge in [0.25, 0.3) is 0 Å². The monoisotopic (exact) mass is 247 g/mol. The minimum absolute atomic E-state index is 0.302. The second kappa shape index (κ2) is 5.11. The topological polar surface area (TPSA) is 40.5 Å². The van der Waals surface area contributed by atoms with E-state index in [0.29, 0.717) is 18.4 Å². The molecular weight excluding hydrogens is 226 g/mol. The summed E-state index contributed by atoms with van der Waals surface area (Å²) >= 11 is 0. The molecule has 0 aromatic heterocycles. The van der Waals surface area contributed by atoms with Gasteiger partial charge in [0.15, 0.2) is 0 Å². The van der Waals surface area contributed by atoms with Crippen LogP contribution in [0.2, 0.25) is 0 Å². The summed E-state index contributed by atoms with van der Waals surface area (Å²) in [6.45, 7) is 8.24. The van der Waals surface area contributed by atoms with Crippen molar-refractivity contribution in [1.29, 1.82) is 0 Å². The van der Waals surface area contributed by atoms with Crippen molar-refractivity contribution in [2.45, 2.75) is 33.2 Å². The first-order valence-electron chi connectivity index (χ1n) is 6.49. The zero-order chi connectivity index (χ0) is 13.3. The van der Waals surface area contributed by atoms with Gasteiger partial charge in [-0.1, -0.05) is 29.3 Å². The number of carbonyl (C=O) groups is 1. The lowest BCUT2D eigenvalue weighted by atomic mass is 9.92. The number of benzene rings is 1. The highest BCUT2D eigenvalue weighted by Gasteiger charge is 2.32. The van der Waals surface area contributed by atoms with Crippen LogP contribution in [0.3, 0.4) is 0 Å². The van der Waals surface area contributed by atoms with E-state index >= 15 is 0 Å². The largest absolute Gasteiger partial charge is 0.481 e. The summed E-state index contributed by atoms with van der Waals surface area (Å²) in [4.78, 5) is 13.0. The number of carboxylic acids is 1. The zero-order valence-electron chi connectivity index (χ0n) is 11.3. The minimum Gasteiger partial charge on any atom is -0.481 e. The van der Waals surface area contributed by atoms with Gasteiger partial charge >= 0.3 is 5.97 Å². The molecule has 1 aromatic rings. The van der Waals surface area contributed by atoms with Gasteiger partial charge in [-0.25, -0.2) is 0 Å². The number of likely N-dealkylation sites (tertiary alicyclic amines) is 1. The van der Waals surface area contributed by atoms with Crippen LogP contribution in [0.1, 0.15) is 36.1 Å². The minimum atomic E-state index is -0.682. The third-order valence-corrected chi connectivity index (χ3v) is 3.72. The molecule has 0 bridgehead atoms. The van der Waals surface area contributed by atoms with Crippen LogP contribution in [0.15, 0.2) is 18.2 Å². The molecule has 18 heavy (non-hydrogen) atoms. The molecule has 1 atom stereocenters. The Morgan fingerprint density at radius 3 is 2.39 bits per heavy atom. The SMILES string of the molecule is Cc1cc(C)cc(C(C)N2CC(CC(=O)O)C2)c1. The molecule has 1 unspecified atom stereocenters. The number of aliphatic carboxylic acids is 1. The molecule has 1 aliphatic heterocycles. The summed E-state index contributed by atoms with van der Waals surface area (Å²) in [5, 5.41) is 8.75. The van der Waals surface area contributed by atoms with E-state index in [0.717, 1.165) is 13.1 Å². The van der Waals surface area contributed by atoms with E-state index in [1.165, 1.54) is 16.7 Å². The van der Waals surface area contributed by atoms with E-state index in [4.69, 9.17) is 5.11 Å². The Hall–Kier alpha value is -1.35. The molecule has 1 N–H and O–H groups in total. The van der Waals surface area contributed by atoms with Crippen molar-refractivity contribution < 1.29 is 9.90 Å². The second-order valence-electron chi connectivity index (χ2n) is 5.51. The quantitative estimate of drug-likeness (QED) is 0.889. The maximum absolute atomic E-state index is 10.6. The molecule has 3 nitrogen and oxygen atoms in total. The van der Waals surface area contributed by atoms with Crippen molar-refractivity contribution >= 4 is 5.97 Å². The Labute approximate surface area is 108 Å². The highest BCUT2D eigenvalue weighted by Crippen LogP contribution is 2.30. The molecular formula is C15H21NO2. The van der Waals surface area contributed by atoms with Crippen molar-refractivity contribution in [3.8, 4) is 0 Å². The first-order valence-corrected chi connectivity index (χ1v) is 6.49. The molecule has 1 aromatic carbocycles. The van der Waals surface area contributed by atoms with Gasteiger partial charge in [0, 0.05) is 19.1 Å². The Bertz CT molecular complexity index is 430. The van der Waals surface area contributed by atoms with Gasteiger partial charge in [-0.2, -0.15) is 0 Å². The average Bonchev–Trinajstić information content (AvgIpc) is 2.20. The van der Waals surface area contributed by atoms with Crippen molar-refractivity contribution in [1.82, 2.24) is 4.90 Å². The standard InChI is InChI=1S/C15H21NO2/c1-10-4-11(2)6-14(5-10)12(3)16-8-13(9-16)7-15(17)18/h4-6,12-13H,7-9H2,1-3H3,(H,17,18). The van der Waals surface area contributed by atoms with E-state index in [1.807, 2.05) is 0 Å². The highest BCUT2D eigenvalue weighted by atomic mass is 16.4. The summed E-state index contributed by atoms with van der Waals surface area (Å²) in [6.07, 6.45) is 0.302. The number of rotatable bonds is 4. The number of carboxylic acid groups (broad SMARTS) is 1. The second-order valence-corrected chi connectivity index (χ2v) is 5.51. The summed E-state index contributed by atoms with van der Waals surface area (Å²) < 4.78 is 0. The molecule has 2 rings (SSSR count). The summed E-state index contributed by atoms with van der Waals surface area (Å²) in [7, 11) is 0. The molecule has 98 valence electrons. The van der Waals surface area contributed by atoms with E-state index < -0.39 is 5.97 Å². The molecule has 3 heteroatoms. The third-order valence-electron chi connectivity index (χ3n) is 3.72. The Morgan fingerprint density at radius 1 is 1.33 bits per heavy atom. The summed E-state index contributed by atoms with van der Waals surface area (Å²) in [6, 6.07) is 7.01. The van der Waals surface area contributed by atoms with Gasteiger partial charge in [0.2, 0.25) is 0 Å². The van der Waals surface area contributed by atoms with Gasteiger partial charge in [-0.3, -0.25) is 9.69 Å². The molecule has 1 saturated heterocycles. The average molecular weight is 247 g/mol.